The van der Waals surface area contributed by atoms with Crippen LogP contribution in [0.4, 0.5) is 5.69 Å². The van der Waals surface area contributed by atoms with Crippen molar-refractivity contribution < 1.29 is 14.3 Å². The summed E-state index contributed by atoms with van der Waals surface area (Å²) in [6.45, 7) is 1.03. The molecule has 0 fully saturated rings. The number of aryl methyl sites for hydroxylation is 1. The van der Waals surface area contributed by atoms with E-state index in [2.05, 4.69) is 21.2 Å². The van der Waals surface area contributed by atoms with Crippen molar-refractivity contribution in [3.8, 4) is 11.5 Å². The van der Waals surface area contributed by atoms with Crippen molar-refractivity contribution in [3.63, 3.8) is 0 Å². The van der Waals surface area contributed by atoms with E-state index in [1.165, 1.54) is 0 Å². The lowest BCUT2D eigenvalue weighted by Gasteiger charge is -2.20. The smallest absolute Gasteiger partial charge is 0.256 e. The lowest BCUT2D eigenvalue weighted by Crippen LogP contribution is -2.18. The molecule has 1 aliphatic heterocycles. The average Bonchev–Trinajstić information content (AvgIpc) is 3.14. The Bertz CT molecular complexity index is 1080. The van der Waals surface area contributed by atoms with Crippen molar-refractivity contribution in [1.82, 2.24) is 4.98 Å². The van der Waals surface area contributed by atoms with Crippen molar-refractivity contribution in [2.45, 2.75) is 19.3 Å². The topological polar surface area (TPSA) is 60.5 Å². The molecular formula is C21H17BrN2O3. The number of rotatable bonds is 2. The largest absolute Gasteiger partial charge is 0.486 e. The highest BCUT2D eigenvalue weighted by molar-refractivity contribution is 9.10. The third-order valence-corrected chi connectivity index (χ3v) is 5.68. The van der Waals surface area contributed by atoms with E-state index in [-0.39, 0.29) is 5.91 Å². The molecule has 0 bridgehead atoms. The Morgan fingerprint density at radius 2 is 1.85 bits per heavy atom. The molecule has 5 rings (SSSR count). The lowest BCUT2D eigenvalue weighted by molar-refractivity contribution is 0.102. The van der Waals surface area contributed by atoms with Gasteiger partial charge < -0.3 is 14.8 Å². The summed E-state index contributed by atoms with van der Waals surface area (Å²) in [7, 11) is 0. The van der Waals surface area contributed by atoms with Crippen LogP contribution in [0.3, 0.4) is 0 Å². The van der Waals surface area contributed by atoms with Gasteiger partial charge in [0.25, 0.3) is 5.91 Å². The fourth-order valence-electron chi connectivity index (χ4n) is 3.81. The summed E-state index contributed by atoms with van der Waals surface area (Å²) in [4.78, 5) is 18.0. The number of ether oxygens (including phenoxy) is 2. The molecule has 0 atom stereocenters. The van der Waals surface area contributed by atoms with Crippen LogP contribution in [0, 0.1) is 0 Å². The maximum absolute atomic E-state index is 13.3. The van der Waals surface area contributed by atoms with Gasteiger partial charge in [0.2, 0.25) is 0 Å². The summed E-state index contributed by atoms with van der Waals surface area (Å²) in [5.74, 6) is 1.20. The molecule has 136 valence electrons. The third kappa shape index (κ3) is 2.84. The Kier molecular flexibility index (Phi) is 4.01. The number of para-hydroxylation sites is 1. The summed E-state index contributed by atoms with van der Waals surface area (Å²) >= 11 is 3.53. The zero-order valence-corrected chi connectivity index (χ0v) is 16.1. The van der Waals surface area contributed by atoms with E-state index >= 15 is 0 Å². The maximum atomic E-state index is 13.3. The number of aromatic nitrogens is 1. The molecule has 6 heteroatoms. The van der Waals surface area contributed by atoms with Gasteiger partial charge in [-0.3, -0.25) is 9.78 Å². The Morgan fingerprint density at radius 1 is 1.07 bits per heavy atom. The summed E-state index contributed by atoms with van der Waals surface area (Å²) in [6, 6.07) is 11.5. The first-order valence-electron chi connectivity index (χ1n) is 9.02. The zero-order chi connectivity index (χ0) is 18.4. The molecule has 0 unspecified atom stereocenters. The molecule has 2 heterocycles. The van der Waals surface area contributed by atoms with Gasteiger partial charge in [-0.05, 0) is 46.8 Å². The molecule has 1 amide bonds. The second-order valence-electron chi connectivity index (χ2n) is 6.71. The number of carbonyl (C=O) groups is 1. The van der Waals surface area contributed by atoms with Crippen LogP contribution in [0.1, 0.15) is 28.0 Å². The maximum Gasteiger partial charge on any atom is 0.256 e. The van der Waals surface area contributed by atoms with Crippen molar-refractivity contribution in [2.24, 2.45) is 0 Å². The van der Waals surface area contributed by atoms with Gasteiger partial charge >= 0.3 is 0 Å². The lowest BCUT2D eigenvalue weighted by atomic mass is 10.0. The van der Waals surface area contributed by atoms with E-state index in [1.54, 1.807) is 6.07 Å². The van der Waals surface area contributed by atoms with Gasteiger partial charge in [0.15, 0.2) is 11.5 Å². The van der Waals surface area contributed by atoms with Gasteiger partial charge in [-0.1, -0.05) is 18.2 Å². The minimum absolute atomic E-state index is 0.121. The van der Waals surface area contributed by atoms with Crippen LogP contribution < -0.4 is 14.8 Å². The van der Waals surface area contributed by atoms with Crippen molar-refractivity contribution in [1.29, 1.82) is 0 Å². The predicted molar refractivity (Wildman–Crippen MR) is 107 cm³/mol. The molecule has 0 saturated heterocycles. The Balaban J connectivity index is 1.58. The van der Waals surface area contributed by atoms with E-state index in [9.17, 15) is 4.79 Å². The Morgan fingerprint density at radius 3 is 2.70 bits per heavy atom. The number of benzene rings is 2. The van der Waals surface area contributed by atoms with E-state index < -0.39 is 0 Å². The number of anilines is 1. The van der Waals surface area contributed by atoms with E-state index in [0.29, 0.717) is 30.4 Å². The Hall–Kier alpha value is -2.60. The van der Waals surface area contributed by atoms with Crippen LogP contribution in [0.5, 0.6) is 11.5 Å². The molecule has 1 N–H and O–H groups in total. The molecule has 0 spiro atoms. The Labute approximate surface area is 164 Å². The molecule has 1 aliphatic carbocycles. The highest BCUT2D eigenvalue weighted by atomic mass is 79.9. The molecule has 1 aromatic heterocycles. The van der Waals surface area contributed by atoms with Crippen LogP contribution in [0.15, 0.2) is 40.9 Å². The number of fused-ring (bicyclic) bond motifs is 3. The standard InChI is InChI=1S/C21H17BrN2O3/c22-14-10-18-19(27-9-8-26-18)11-17(14)24-21(25)20-12-4-1-2-6-15(12)23-16-7-3-5-13(16)20/h1-2,4,6,10-11H,3,5,7-9H2,(H,24,25). The van der Waals surface area contributed by atoms with Gasteiger partial charge in [0.1, 0.15) is 13.2 Å². The fraction of sp³-hybridized carbons (Fsp3) is 0.238. The number of nitrogens with zero attached hydrogens (tertiary/aromatic N) is 1. The predicted octanol–water partition coefficient (Wildman–Crippen LogP) is 4.51. The second kappa shape index (κ2) is 6.53. The summed E-state index contributed by atoms with van der Waals surface area (Å²) < 4.78 is 12.0. The molecular weight excluding hydrogens is 408 g/mol. The van der Waals surface area contributed by atoms with Gasteiger partial charge in [-0.2, -0.15) is 0 Å². The number of halogens is 1. The van der Waals surface area contributed by atoms with Crippen molar-refractivity contribution in [2.75, 3.05) is 18.5 Å². The van der Waals surface area contributed by atoms with Gasteiger partial charge in [0.05, 0.1) is 16.8 Å². The molecule has 5 nitrogen and oxygen atoms in total. The molecule has 2 aromatic carbocycles. The zero-order valence-electron chi connectivity index (χ0n) is 14.5. The second-order valence-corrected chi connectivity index (χ2v) is 7.57. The van der Waals surface area contributed by atoms with E-state index in [1.807, 2.05) is 30.3 Å². The van der Waals surface area contributed by atoms with Gasteiger partial charge in [-0.25, -0.2) is 0 Å². The summed E-state index contributed by atoms with van der Waals surface area (Å²) in [6.07, 6.45) is 2.85. The SMILES string of the molecule is O=C(Nc1cc2c(cc1Br)OCCO2)c1c2c(nc3ccccc13)CCC2. The molecule has 27 heavy (non-hydrogen) atoms. The summed E-state index contributed by atoms with van der Waals surface area (Å²) in [5, 5.41) is 3.94. The van der Waals surface area contributed by atoms with Crippen LogP contribution in [-0.2, 0) is 12.8 Å². The third-order valence-electron chi connectivity index (χ3n) is 5.03. The highest BCUT2D eigenvalue weighted by Gasteiger charge is 2.25. The molecule has 3 aromatic rings. The van der Waals surface area contributed by atoms with Crippen LogP contribution in [0.25, 0.3) is 10.9 Å². The number of hydrogen-bond donors (Lipinski definition) is 1. The number of nitrogens with one attached hydrogen (secondary N) is 1. The van der Waals surface area contributed by atoms with E-state index in [0.717, 1.165) is 51.5 Å². The number of pyridine rings is 1. The quantitative estimate of drug-likeness (QED) is 0.657. The normalized spacial score (nSPS) is 14.9. The van der Waals surface area contributed by atoms with Crippen LogP contribution in [0.2, 0.25) is 0 Å². The average molecular weight is 425 g/mol. The molecule has 0 saturated carbocycles. The van der Waals surface area contributed by atoms with Gasteiger partial charge in [-0.15, -0.1) is 0 Å². The minimum Gasteiger partial charge on any atom is -0.486 e. The van der Waals surface area contributed by atoms with Gasteiger partial charge in [0, 0.05) is 27.7 Å². The minimum atomic E-state index is -0.121. The molecule has 2 aliphatic rings. The monoisotopic (exact) mass is 424 g/mol. The van der Waals surface area contributed by atoms with Crippen LogP contribution in [-0.4, -0.2) is 24.1 Å². The van der Waals surface area contributed by atoms with Crippen molar-refractivity contribution in [3.05, 3.63) is 57.7 Å². The van der Waals surface area contributed by atoms with Crippen LogP contribution >= 0.6 is 15.9 Å². The van der Waals surface area contributed by atoms with E-state index in [4.69, 9.17) is 14.5 Å². The number of hydrogen-bond acceptors (Lipinski definition) is 4. The highest BCUT2D eigenvalue weighted by Crippen LogP contribution is 2.39. The summed E-state index contributed by atoms with van der Waals surface area (Å²) in [5.41, 5.74) is 4.37. The number of carbonyl (C=O) groups excluding carboxylic acids is 1. The first-order chi connectivity index (χ1) is 13.2. The van der Waals surface area contributed by atoms with Crippen molar-refractivity contribution >= 4 is 38.4 Å². The first kappa shape index (κ1) is 16.6. The number of amides is 1. The first-order valence-corrected chi connectivity index (χ1v) is 9.81. The fourth-order valence-corrected chi connectivity index (χ4v) is 4.24. The molecule has 0 radical (unpaired) electrons.